The zero-order valence-corrected chi connectivity index (χ0v) is 18.9. The molecule has 0 aliphatic carbocycles. The third-order valence-electron chi connectivity index (χ3n) is 5.50. The van der Waals surface area contributed by atoms with Crippen molar-refractivity contribution in [3.05, 3.63) is 96.0 Å². The second-order valence-electron chi connectivity index (χ2n) is 7.43. The van der Waals surface area contributed by atoms with E-state index in [1.54, 1.807) is 24.4 Å². The van der Waals surface area contributed by atoms with Gasteiger partial charge in [0.25, 0.3) is 0 Å². The molecule has 1 aliphatic rings. The maximum atomic E-state index is 13.8. The summed E-state index contributed by atoms with van der Waals surface area (Å²) in [4.78, 5) is 9.10. The van der Waals surface area contributed by atoms with Gasteiger partial charge in [-0.25, -0.2) is 9.37 Å². The highest BCUT2D eigenvalue weighted by molar-refractivity contribution is 5.68. The van der Waals surface area contributed by atoms with Crippen molar-refractivity contribution in [2.75, 3.05) is 16.3 Å². The first kappa shape index (κ1) is 23.0. The summed E-state index contributed by atoms with van der Waals surface area (Å²) in [5.41, 5.74) is 3.39. The normalized spacial score (nSPS) is 14.8. The predicted molar refractivity (Wildman–Crippen MR) is 130 cm³/mol. The van der Waals surface area contributed by atoms with E-state index in [4.69, 9.17) is 4.98 Å². The third-order valence-corrected chi connectivity index (χ3v) is 5.50. The fraction of sp³-hybridized carbons (Fsp3) is 0.259. The van der Waals surface area contributed by atoms with E-state index in [1.807, 2.05) is 62.1 Å². The van der Waals surface area contributed by atoms with Gasteiger partial charge in [0, 0.05) is 18.4 Å². The van der Waals surface area contributed by atoms with E-state index in [9.17, 15) is 9.65 Å². The molecule has 32 heavy (non-hydrogen) atoms. The minimum atomic E-state index is -0.216. The number of anilines is 3. The summed E-state index contributed by atoms with van der Waals surface area (Å²) in [6.45, 7) is 10.8. The Balaban J connectivity index is 0.00000141. The average Bonchev–Trinajstić information content (AvgIpc) is 3.32. The number of nitriles is 1. The number of aryl methyl sites for hydroxylation is 1. The summed E-state index contributed by atoms with van der Waals surface area (Å²) in [7, 11) is 0. The molecule has 0 radical (unpaired) electrons. The molecule has 0 bridgehead atoms. The van der Waals surface area contributed by atoms with Crippen molar-refractivity contribution in [1.29, 1.82) is 5.26 Å². The molecule has 5 heteroatoms. The number of aromatic nitrogens is 1. The number of hydrogen-bond acceptors (Lipinski definition) is 4. The van der Waals surface area contributed by atoms with Crippen LogP contribution in [0.15, 0.2) is 73.4 Å². The van der Waals surface area contributed by atoms with E-state index in [1.165, 1.54) is 6.07 Å². The third kappa shape index (κ3) is 4.81. The fourth-order valence-corrected chi connectivity index (χ4v) is 4.05. The Kier molecular flexibility index (Phi) is 7.62. The number of nitrogens with zero attached hydrogens (tertiary/aromatic N) is 4. The van der Waals surface area contributed by atoms with Crippen molar-refractivity contribution in [2.24, 2.45) is 0 Å². The van der Waals surface area contributed by atoms with Gasteiger partial charge in [-0.05, 0) is 67.3 Å². The van der Waals surface area contributed by atoms with Crippen LogP contribution in [-0.4, -0.2) is 11.5 Å². The van der Waals surface area contributed by atoms with Crippen LogP contribution in [0.5, 0.6) is 0 Å². The van der Waals surface area contributed by atoms with E-state index in [-0.39, 0.29) is 11.9 Å². The molecule has 1 atom stereocenters. The van der Waals surface area contributed by atoms with Gasteiger partial charge in [0.05, 0.1) is 17.7 Å². The number of pyridine rings is 1. The largest absolute Gasteiger partial charge is 0.350 e. The molecular formula is C27H29FN4. The molecule has 4 rings (SSSR count). The highest BCUT2D eigenvalue weighted by atomic mass is 19.1. The SMILES string of the molecule is C=CN(c1cccc(C#N)c1)c1nc(N2CCCC2c2cccc(F)c2)ccc1C.CC. The van der Waals surface area contributed by atoms with E-state index in [0.29, 0.717) is 5.56 Å². The number of halogens is 1. The Morgan fingerprint density at radius 2 is 1.94 bits per heavy atom. The molecule has 0 N–H and O–H groups in total. The van der Waals surface area contributed by atoms with Gasteiger partial charge in [-0.1, -0.05) is 44.7 Å². The quantitative estimate of drug-likeness (QED) is 0.437. The number of rotatable bonds is 5. The van der Waals surface area contributed by atoms with Gasteiger partial charge in [-0.2, -0.15) is 5.26 Å². The van der Waals surface area contributed by atoms with Crippen molar-refractivity contribution < 1.29 is 4.39 Å². The summed E-state index contributed by atoms with van der Waals surface area (Å²) < 4.78 is 13.8. The molecule has 1 saturated heterocycles. The second-order valence-corrected chi connectivity index (χ2v) is 7.43. The van der Waals surface area contributed by atoms with Gasteiger partial charge in [0.1, 0.15) is 17.5 Å². The second kappa shape index (κ2) is 10.6. The summed E-state index contributed by atoms with van der Waals surface area (Å²) in [5.74, 6) is 1.40. The number of hydrogen-bond donors (Lipinski definition) is 0. The first-order valence-electron chi connectivity index (χ1n) is 11.0. The van der Waals surface area contributed by atoms with Gasteiger partial charge in [-0.15, -0.1) is 0 Å². The van der Waals surface area contributed by atoms with Crippen molar-refractivity contribution in [3.63, 3.8) is 0 Å². The summed E-state index contributed by atoms with van der Waals surface area (Å²) in [6.07, 6.45) is 3.70. The topological polar surface area (TPSA) is 43.2 Å². The Bertz CT molecular complexity index is 1120. The molecular weight excluding hydrogens is 399 g/mol. The van der Waals surface area contributed by atoms with Crippen LogP contribution >= 0.6 is 0 Å². The molecule has 1 aliphatic heterocycles. The molecule has 0 saturated carbocycles. The molecule has 164 valence electrons. The van der Waals surface area contributed by atoms with E-state index >= 15 is 0 Å². The summed E-state index contributed by atoms with van der Waals surface area (Å²) in [5, 5.41) is 9.24. The first-order valence-corrected chi connectivity index (χ1v) is 11.0. The van der Waals surface area contributed by atoms with Gasteiger partial charge >= 0.3 is 0 Å². The molecule has 0 spiro atoms. The standard InChI is InChI=1S/C25H23FN4.C2H6/c1-3-29(22-10-4-7-19(15-22)17-27)25-18(2)12-13-24(28-25)30-14-6-11-23(30)20-8-5-9-21(26)16-20;1-2/h3-5,7-10,12-13,15-16,23H,1,6,11,14H2,2H3;1-2H3. The maximum absolute atomic E-state index is 13.8. The molecule has 1 unspecified atom stereocenters. The molecule has 0 amide bonds. The van der Waals surface area contributed by atoms with Gasteiger partial charge in [-0.3, -0.25) is 0 Å². The lowest BCUT2D eigenvalue weighted by molar-refractivity contribution is 0.618. The Morgan fingerprint density at radius 3 is 2.66 bits per heavy atom. The van der Waals surface area contributed by atoms with E-state index in [0.717, 1.165) is 47.8 Å². The van der Waals surface area contributed by atoms with E-state index < -0.39 is 0 Å². The van der Waals surface area contributed by atoms with Crippen LogP contribution in [0.3, 0.4) is 0 Å². The molecule has 4 nitrogen and oxygen atoms in total. The molecule has 2 heterocycles. The molecule has 1 fully saturated rings. The highest BCUT2D eigenvalue weighted by Gasteiger charge is 2.28. The van der Waals surface area contributed by atoms with Gasteiger partial charge in [0.15, 0.2) is 0 Å². The lowest BCUT2D eigenvalue weighted by atomic mass is 10.0. The van der Waals surface area contributed by atoms with Crippen LogP contribution in [-0.2, 0) is 0 Å². The van der Waals surface area contributed by atoms with Crippen LogP contribution < -0.4 is 9.80 Å². The first-order chi connectivity index (χ1) is 15.6. The van der Waals surface area contributed by atoms with Gasteiger partial charge in [0.2, 0.25) is 0 Å². The maximum Gasteiger partial charge on any atom is 0.142 e. The lowest BCUT2D eigenvalue weighted by Crippen LogP contribution is -2.24. The molecule has 2 aromatic carbocycles. The van der Waals surface area contributed by atoms with Crippen molar-refractivity contribution in [3.8, 4) is 6.07 Å². The van der Waals surface area contributed by atoms with Crippen LogP contribution in [0.1, 0.15) is 49.4 Å². The highest BCUT2D eigenvalue weighted by Crippen LogP contribution is 2.37. The average molecular weight is 429 g/mol. The predicted octanol–water partition coefficient (Wildman–Crippen LogP) is 7.05. The molecule has 3 aromatic rings. The van der Waals surface area contributed by atoms with Crippen molar-refractivity contribution in [2.45, 2.75) is 39.7 Å². The summed E-state index contributed by atoms with van der Waals surface area (Å²) >= 11 is 0. The molecule has 1 aromatic heterocycles. The Morgan fingerprint density at radius 1 is 1.16 bits per heavy atom. The van der Waals surface area contributed by atoms with Crippen LogP contribution in [0, 0.1) is 24.1 Å². The van der Waals surface area contributed by atoms with Crippen LogP contribution in [0.4, 0.5) is 21.7 Å². The smallest absolute Gasteiger partial charge is 0.142 e. The minimum absolute atomic E-state index is 0.0999. The zero-order chi connectivity index (χ0) is 23.1. The monoisotopic (exact) mass is 428 g/mol. The van der Waals surface area contributed by atoms with Crippen LogP contribution in [0.25, 0.3) is 0 Å². The Hall–Kier alpha value is -3.65. The lowest BCUT2D eigenvalue weighted by Gasteiger charge is -2.28. The fourth-order valence-electron chi connectivity index (χ4n) is 4.05. The Labute approximate surface area is 190 Å². The summed E-state index contributed by atoms with van der Waals surface area (Å²) in [6, 6.07) is 20.5. The van der Waals surface area contributed by atoms with Crippen molar-refractivity contribution >= 4 is 17.3 Å². The zero-order valence-electron chi connectivity index (χ0n) is 18.9. The van der Waals surface area contributed by atoms with E-state index in [2.05, 4.69) is 17.5 Å². The number of benzene rings is 2. The minimum Gasteiger partial charge on any atom is -0.350 e. The van der Waals surface area contributed by atoms with Crippen molar-refractivity contribution in [1.82, 2.24) is 4.98 Å². The van der Waals surface area contributed by atoms with Gasteiger partial charge < -0.3 is 9.80 Å². The van der Waals surface area contributed by atoms with Crippen LogP contribution in [0.2, 0.25) is 0 Å².